The molecule has 0 fully saturated rings. The van der Waals surface area contributed by atoms with Gasteiger partial charge in [0, 0.05) is 20.1 Å². The summed E-state index contributed by atoms with van der Waals surface area (Å²) in [6.07, 6.45) is 0.0328. The Morgan fingerprint density at radius 2 is 1.63 bits per heavy atom. The standard InChI is InChI=1S/C38H48N6O7S/c1-24(2)20-42(52(50,51)28-16-17-32(45)26(5)18-28)21-33(46)30(19-27-12-8-7-9-13-27)40-37(48)36(25(3)4)44-23-35(47)43(38(44)49)22-34-39-29-14-10-11-15-31(29)41(34)6/h7-18,23-25,30,33,36,45-47H,19-22H2,1-6H3,(H,40,48)/t30-,33+,36-/m0/s1. The van der Waals surface area contributed by atoms with Crippen molar-refractivity contribution in [3.63, 3.8) is 0 Å². The van der Waals surface area contributed by atoms with E-state index >= 15 is 0 Å². The number of rotatable bonds is 15. The predicted octanol–water partition coefficient (Wildman–Crippen LogP) is 3.94. The number of hydrogen-bond donors (Lipinski definition) is 4. The Balaban J connectivity index is 1.45. The van der Waals surface area contributed by atoms with Crippen molar-refractivity contribution in [2.75, 3.05) is 13.1 Å². The first-order valence-corrected chi connectivity index (χ1v) is 18.8. The summed E-state index contributed by atoms with van der Waals surface area (Å²) in [5.74, 6) is -0.932. The number of para-hydroxylation sites is 2. The highest BCUT2D eigenvalue weighted by atomic mass is 32.2. The molecule has 1 amide bonds. The van der Waals surface area contributed by atoms with Gasteiger partial charge in [-0.3, -0.25) is 13.9 Å². The normalized spacial score (nSPS) is 14.0. The van der Waals surface area contributed by atoms with Crippen LogP contribution in [0.4, 0.5) is 0 Å². The van der Waals surface area contributed by atoms with Crippen LogP contribution < -0.4 is 11.0 Å². The second-order valence-electron chi connectivity index (χ2n) is 14.1. The van der Waals surface area contributed by atoms with Gasteiger partial charge in [-0.1, -0.05) is 70.2 Å². The van der Waals surface area contributed by atoms with E-state index in [9.17, 15) is 33.3 Å². The Hall–Kier alpha value is -4.92. The third kappa shape index (κ3) is 8.24. The average Bonchev–Trinajstić information content (AvgIpc) is 3.55. The number of aliphatic hydroxyl groups excluding tert-OH is 1. The van der Waals surface area contributed by atoms with Crippen LogP contribution in [0.5, 0.6) is 11.6 Å². The van der Waals surface area contributed by atoms with Crippen molar-refractivity contribution in [3.05, 3.63) is 106 Å². The number of phenolic OH excluding ortho intramolecular Hbond substituents is 1. The second kappa shape index (κ2) is 15.8. The lowest BCUT2D eigenvalue weighted by Gasteiger charge is -2.32. The number of nitrogens with one attached hydrogen (secondary N) is 1. The van der Waals surface area contributed by atoms with Crippen molar-refractivity contribution in [2.45, 2.75) is 70.7 Å². The molecule has 0 saturated carbocycles. The number of phenols is 1. The molecule has 3 atom stereocenters. The first kappa shape index (κ1) is 38.3. The molecular formula is C38H48N6O7S. The molecule has 52 heavy (non-hydrogen) atoms. The zero-order valence-electron chi connectivity index (χ0n) is 30.3. The van der Waals surface area contributed by atoms with Crippen LogP contribution in [0.1, 0.15) is 50.7 Å². The number of aromatic hydroxyl groups is 2. The Kier molecular flexibility index (Phi) is 11.6. The summed E-state index contributed by atoms with van der Waals surface area (Å²) in [5, 5.41) is 35.7. The fraction of sp³-hybridized carbons (Fsp3) is 0.395. The van der Waals surface area contributed by atoms with E-state index in [0.29, 0.717) is 11.4 Å². The smallest absolute Gasteiger partial charge is 0.332 e. The quantitative estimate of drug-likeness (QED) is 0.125. The summed E-state index contributed by atoms with van der Waals surface area (Å²) in [6, 6.07) is 18.7. The molecular weight excluding hydrogens is 685 g/mol. The van der Waals surface area contributed by atoms with Crippen molar-refractivity contribution >= 4 is 27.0 Å². The maximum atomic E-state index is 14.2. The lowest BCUT2D eigenvalue weighted by Crippen LogP contribution is -2.53. The van der Waals surface area contributed by atoms with Gasteiger partial charge in [-0.05, 0) is 66.6 Å². The fourth-order valence-corrected chi connectivity index (χ4v) is 8.14. The van der Waals surface area contributed by atoms with Crippen molar-refractivity contribution < 1.29 is 28.5 Å². The number of aryl methyl sites for hydroxylation is 2. The van der Waals surface area contributed by atoms with E-state index in [1.165, 1.54) is 33.3 Å². The summed E-state index contributed by atoms with van der Waals surface area (Å²) in [7, 11) is -2.29. The number of carbonyl (C=O) groups is 1. The number of sulfonamides is 1. The number of amides is 1. The monoisotopic (exact) mass is 732 g/mol. The van der Waals surface area contributed by atoms with Gasteiger partial charge in [-0.25, -0.2) is 18.2 Å². The zero-order chi connectivity index (χ0) is 37.9. The van der Waals surface area contributed by atoms with E-state index in [2.05, 4.69) is 10.3 Å². The minimum Gasteiger partial charge on any atom is -0.508 e. The predicted molar refractivity (Wildman–Crippen MR) is 199 cm³/mol. The highest BCUT2D eigenvalue weighted by Gasteiger charge is 2.35. The molecule has 14 heteroatoms. The molecule has 0 aliphatic heterocycles. The Morgan fingerprint density at radius 1 is 0.962 bits per heavy atom. The number of aliphatic hydroxyl groups is 1. The molecule has 4 N–H and O–H groups in total. The molecule has 0 unspecified atom stereocenters. The van der Waals surface area contributed by atoms with Gasteiger partial charge < -0.3 is 25.2 Å². The Morgan fingerprint density at radius 3 is 2.27 bits per heavy atom. The molecule has 0 aliphatic rings. The number of nitrogens with zero attached hydrogens (tertiary/aromatic N) is 5. The van der Waals surface area contributed by atoms with Crippen LogP contribution in [0, 0.1) is 18.8 Å². The van der Waals surface area contributed by atoms with E-state index < -0.39 is 45.7 Å². The molecule has 2 aromatic heterocycles. The van der Waals surface area contributed by atoms with Gasteiger partial charge in [0.15, 0.2) is 0 Å². The minimum absolute atomic E-state index is 0.0264. The van der Waals surface area contributed by atoms with Crippen LogP contribution in [0.3, 0.4) is 0 Å². The first-order chi connectivity index (χ1) is 24.6. The van der Waals surface area contributed by atoms with Gasteiger partial charge in [-0.15, -0.1) is 0 Å². The van der Waals surface area contributed by atoms with Gasteiger partial charge in [0.05, 0.1) is 40.8 Å². The third-order valence-corrected chi connectivity index (χ3v) is 11.0. The molecule has 278 valence electrons. The molecule has 0 aliphatic carbocycles. The van der Waals surface area contributed by atoms with Crippen LogP contribution in [-0.4, -0.2) is 77.9 Å². The molecule has 0 spiro atoms. The van der Waals surface area contributed by atoms with Crippen molar-refractivity contribution in [1.29, 1.82) is 0 Å². The summed E-state index contributed by atoms with van der Waals surface area (Å²) in [5.41, 5.74) is 2.18. The minimum atomic E-state index is -4.12. The maximum absolute atomic E-state index is 14.2. The van der Waals surface area contributed by atoms with Crippen LogP contribution in [0.2, 0.25) is 0 Å². The molecule has 5 aromatic rings. The van der Waals surface area contributed by atoms with Crippen LogP contribution in [0.15, 0.2) is 88.7 Å². The zero-order valence-corrected chi connectivity index (χ0v) is 31.2. The SMILES string of the molecule is Cc1cc(S(=O)(=O)N(CC(C)C)C[C@@H](O)[C@H](Cc2ccccc2)NC(=O)[C@H](C(C)C)n2cc(O)n(Cc3nc4ccccc4n3C)c2=O)ccc1O. The second-order valence-corrected chi connectivity index (χ2v) is 16.0. The van der Waals surface area contributed by atoms with Crippen LogP contribution in [0.25, 0.3) is 11.0 Å². The highest BCUT2D eigenvalue weighted by molar-refractivity contribution is 7.89. The Bertz CT molecular complexity index is 2190. The van der Waals surface area contributed by atoms with Crippen molar-refractivity contribution in [1.82, 2.24) is 28.3 Å². The van der Waals surface area contributed by atoms with E-state index in [0.717, 1.165) is 21.2 Å². The molecule has 3 aromatic carbocycles. The van der Waals surface area contributed by atoms with Crippen molar-refractivity contribution in [2.24, 2.45) is 18.9 Å². The summed E-state index contributed by atoms with van der Waals surface area (Å²) in [6.45, 7) is 8.60. The summed E-state index contributed by atoms with van der Waals surface area (Å²) < 4.78 is 33.2. The van der Waals surface area contributed by atoms with Gasteiger partial charge in [0.25, 0.3) is 0 Å². The van der Waals surface area contributed by atoms with Crippen LogP contribution in [-0.2, 0) is 34.8 Å². The van der Waals surface area contributed by atoms with Crippen molar-refractivity contribution in [3.8, 4) is 11.6 Å². The number of hydrogen-bond acceptors (Lipinski definition) is 8. The largest absolute Gasteiger partial charge is 0.508 e. The van der Waals surface area contributed by atoms with E-state index in [1.54, 1.807) is 20.8 Å². The molecule has 0 radical (unpaired) electrons. The van der Waals surface area contributed by atoms with Gasteiger partial charge in [0.1, 0.15) is 17.6 Å². The van der Waals surface area contributed by atoms with Gasteiger partial charge in [0.2, 0.25) is 21.8 Å². The molecule has 0 saturated heterocycles. The topological polar surface area (TPSA) is 172 Å². The molecule has 0 bridgehead atoms. The number of benzene rings is 3. The van der Waals surface area contributed by atoms with Gasteiger partial charge in [-0.2, -0.15) is 4.31 Å². The van der Waals surface area contributed by atoms with Gasteiger partial charge >= 0.3 is 5.69 Å². The van der Waals surface area contributed by atoms with E-state index in [1.807, 2.05) is 80.1 Å². The van der Waals surface area contributed by atoms with E-state index in [-0.39, 0.29) is 48.5 Å². The fourth-order valence-electron chi connectivity index (χ4n) is 6.43. The third-order valence-electron chi connectivity index (χ3n) is 9.22. The lowest BCUT2D eigenvalue weighted by molar-refractivity contribution is -0.127. The highest BCUT2D eigenvalue weighted by Crippen LogP contribution is 2.26. The van der Waals surface area contributed by atoms with E-state index in [4.69, 9.17) is 0 Å². The first-order valence-electron chi connectivity index (χ1n) is 17.3. The summed E-state index contributed by atoms with van der Waals surface area (Å²) >= 11 is 0. The lowest BCUT2D eigenvalue weighted by atomic mass is 9.98. The number of aromatic nitrogens is 4. The summed E-state index contributed by atoms with van der Waals surface area (Å²) in [4.78, 5) is 32.6. The number of carbonyl (C=O) groups excluding carboxylic acids is 1. The average molecular weight is 733 g/mol. The maximum Gasteiger partial charge on any atom is 0.332 e. The Labute approximate surface area is 303 Å². The molecule has 2 heterocycles. The number of imidazole rings is 2. The molecule has 13 nitrogen and oxygen atoms in total. The number of fused-ring (bicyclic) bond motifs is 1. The van der Waals surface area contributed by atoms with Crippen LogP contribution >= 0.6 is 0 Å². The molecule has 5 rings (SSSR count).